The highest BCUT2D eigenvalue weighted by molar-refractivity contribution is 9.10. The van der Waals surface area contributed by atoms with E-state index < -0.39 is 0 Å². The van der Waals surface area contributed by atoms with E-state index in [-0.39, 0.29) is 6.04 Å². The van der Waals surface area contributed by atoms with E-state index in [1.54, 1.807) is 4.68 Å². The second-order valence-corrected chi connectivity index (χ2v) is 4.90. The number of halogens is 1. The van der Waals surface area contributed by atoms with Crippen molar-refractivity contribution in [2.75, 3.05) is 5.32 Å². The van der Waals surface area contributed by atoms with Crippen molar-refractivity contribution in [3.63, 3.8) is 0 Å². The van der Waals surface area contributed by atoms with Crippen LogP contribution in [0.4, 0.5) is 5.69 Å². The lowest BCUT2D eigenvalue weighted by molar-refractivity contribution is 0.765. The van der Waals surface area contributed by atoms with Gasteiger partial charge in [-0.25, -0.2) is 4.98 Å². The van der Waals surface area contributed by atoms with Crippen LogP contribution in [0.2, 0.25) is 0 Å². The van der Waals surface area contributed by atoms with Crippen molar-refractivity contribution in [2.24, 2.45) is 7.05 Å². The second-order valence-electron chi connectivity index (χ2n) is 4.15. The molecule has 0 amide bonds. The van der Waals surface area contributed by atoms with E-state index in [1.807, 2.05) is 32.6 Å². The molecular formula is C12H15BrN4. The topological polar surface area (TPSA) is 42.7 Å². The standard InChI is InChI=1S/C12H15BrN4/c1-8-4-11(6-14-12(8)13)16-9(2)10-5-15-17(3)7-10/h4-7,9,16H,1-3H3. The molecule has 1 unspecified atom stereocenters. The van der Waals surface area contributed by atoms with Crippen LogP contribution in [0, 0.1) is 6.92 Å². The van der Waals surface area contributed by atoms with Gasteiger partial charge in [-0.2, -0.15) is 5.10 Å². The number of nitrogens with one attached hydrogen (secondary N) is 1. The highest BCUT2D eigenvalue weighted by Gasteiger charge is 2.08. The number of pyridine rings is 1. The summed E-state index contributed by atoms with van der Waals surface area (Å²) in [5, 5.41) is 7.57. The minimum Gasteiger partial charge on any atom is -0.377 e. The molecule has 17 heavy (non-hydrogen) atoms. The fourth-order valence-corrected chi connectivity index (χ4v) is 1.85. The zero-order valence-electron chi connectivity index (χ0n) is 10.1. The van der Waals surface area contributed by atoms with Crippen LogP contribution in [-0.4, -0.2) is 14.8 Å². The summed E-state index contributed by atoms with van der Waals surface area (Å²) in [5.41, 5.74) is 3.29. The van der Waals surface area contributed by atoms with Crippen molar-refractivity contribution in [1.29, 1.82) is 0 Å². The van der Waals surface area contributed by atoms with Gasteiger partial charge < -0.3 is 5.32 Å². The van der Waals surface area contributed by atoms with Crippen molar-refractivity contribution in [3.05, 3.63) is 40.4 Å². The maximum absolute atomic E-state index is 4.26. The minimum absolute atomic E-state index is 0.214. The maximum atomic E-state index is 4.26. The predicted molar refractivity (Wildman–Crippen MR) is 71.9 cm³/mol. The van der Waals surface area contributed by atoms with Gasteiger partial charge in [0, 0.05) is 18.8 Å². The lowest BCUT2D eigenvalue weighted by atomic mass is 10.2. The van der Waals surface area contributed by atoms with Crippen molar-refractivity contribution < 1.29 is 0 Å². The van der Waals surface area contributed by atoms with E-state index >= 15 is 0 Å². The molecule has 2 heterocycles. The summed E-state index contributed by atoms with van der Waals surface area (Å²) in [6.07, 6.45) is 5.71. The lowest BCUT2D eigenvalue weighted by Crippen LogP contribution is -2.06. The van der Waals surface area contributed by atoms with Crippen LogP contribution in [0.1, 0.15) is 24.1 Å². The van der Waals surface area contributed by atoms with Crippen LogP contribution < -0.4 is 5.32 Å². The van der Waals surface area contributed by atoms with Gasteiger partial charge in [-0.15, -0.1) is 0 Å². The molecule has 0 saturated carbocycles. The zero-order valence-corrected chi connectivity index (χ0v) is 11.7. The molecule has 0 aliphatic rings. The largest absolute Gasteiger partial charge is 0.377 e. The highest BCUT2D eigenvalue weighted by atomic mass is 79.9. The van der Waals surface area contributed by atoms with Gasteiger partial charge in [-0.1, -0.05) is 0 Å². The van der Waals surface area contributed by atoms with Crippen molar-refractivity contribution >= 4 is 21.6 Å². The minimum atomic E-state index is 0.214. The molecule has 1 atom stereocenters. The maximum Gasteiger partial charge on any atom is 0.109 e. The van der Waals surface area contributed by atoms with Crippen LogP contribution in [0.5, 0.6) is 0 Å². The Kier molecular flexibility index (Phi) is 3.47. The summed E-state index contributed by atoms with van der Waals surface area (Å²) in [7, 11) is 1.92. The number of rotatable bonds is 3. The molecule has 0 aliphatic carbocycles. The number of hydrogen-bond acceptors (Lipinski definition) is 3. The van der Waals surface area contributed by atoms with Gasteiger partial charge in [0.15, 0.2) is 0 Å². The Hall–Kier alpha value is -1.36. The van der Waals surface area contributed by atoms with Gasteiger partial charge in [0.1, 0.15) is 4.60 Å². The molecule has 90 valence electrons. The van der Waals surface area contributed by atoms with Crippen molar-refractivity contribution in [2.45, 2.75) is 19.9 Å². The second kappa shape index (κ2) is 4.87. The summed E-state index contributed by atoms with van der Waals surface area (Å²) in [4.78, 5) is 4.26. The van der Waals surface area contributed by atoms with Crippen LogP contribution >= 0.6 is 15.9 Å². The Morgan fingerprint density at radius 3 is 2.76 bits per heavy atom. The van der Waals surface area contributed by atoms with Crippen molar-refractivity contribution in [3.8, 4) is 0 Å². The first kappa shape index (κ1) is 12.1. The van der Waals surface area contributed by atoms with Gasteiger partial charge in [0.25, 0.3) is 0 Å². The lowest BCUT2D eigenvalue weighted by Gasteiger charge is -2.13. The molecule has 2 aromatic rings. The van der Waals surface area contributed by atoms with Crippen LogP contribution in [0.15, 0.2) is 29.3 Å². The van der Waals surface area contributed by atoms with E-state index in [4.69, 9.17) is 0 Å². The van der Waals surface area contributed by atoms with Crippen LogP contribution in [0.25, 0.3) is 0 Å². The Labute approximate surface area is 109 Å². The molecule has 0 bridgehead atoms. The number of hydrogen-bond donors (Lipinski definition) is 1. The summed E-state index contributed by atoms with van der Waals surface area (Å²) in [5.74, 6) is 0. The number of aryl methyl sites for hydroxylation is 2. The normalized spacial score (nSPS) is 12.5. The molecule has 5 heteroatoms. The SMILES string of the molecule is Cc1cc(NC(C)c2cnn(C)c2)cnc1Br. The fraction of sp³-hybridized carbons (Fsp3) is 0.333. The zero-order chi connectivity index (χ0) is 12.4. The van der Waals surface area contributed by atoms with Gasteiger partial charge in [-0.05, 0) is 41.4 Å². The van der Waals surface area contributed by atoms with Gasteiger partial charge in [0.05, 0.1) is 24.1 Å². The summed E-state index contributed by atoms with van der Waals surface area (Å²) in [6.45, 7) is 4.13. The van der Waals surface area contributed by atoms with E-state index in [2.05, 4.69) is 44.3 Å². The summed E-state index contributed by atoms with van der Waals surface area (Å²) < 4.78 is 2.69. The highest BCUT2D eigenvalue weighted by Crippen LogP contribution is 2.21. The quantitative estimate of drug-likeness (QED) is 0.885. The van der Waals surface area contributed by atoms with E-state index in [0.717, 1.165) is 21.4 Å². The Bertz CT molecular complexity index is 521. The van der Waals surface area contributed by atoms with Gasteiger partial charge >= 0.3 is 0 Å². The Morgan fingerprint density at radius 1 is 1.41 bits per heavy atom. The molecule has 0 aliphatic heterocycles. The van der Waals surface area contributed by atoms with E-state index in [0.29, 0.717) is 0 Å². The first-order chi connectivity index (χ1) is 8.06. The summed E-state index contributed by atoms with van der Waals surface area (Å²) in [6, 6.07) is 2.29. The fourth-order valence-electron chi connectivity index (χ4n) is 1.63. The molecule has 1 N–H and O–H groups in total. The third kappa shape index (κ3) is 2.85. The smallest absolute Gasteiger partial charge is 0.109 e. The molecule has 0 aromatic carbocycles. The first-order valence-corrected chi connectivity index (χ1v) is 6.23. The Balaban J connectivity index is 2.12. The molecule has 0 spiro atoms. The molecule has 0 saturated heterocycles. The molecule has 2 rings (SSSR count). The number of aromatic nitrogens is 3. The van der Waals surface area contributed by atoms with Crippen molar-refractivity contribution in [1.82, 2.24) is 14.8 Å². The predicted octanol–water partition coefficient (Wildman–Crippen LogP) is 3.06. The first-order valence-electron chi connectivity index (χ1n) is 5.43. The van der Waals surface area contributed by atoms with Gasteiger partial charge in [0.2, 0.25) is 0 Å². The van der Waals surface area contributed by atoms with E-state index in [1.165, 1.54) is 0 Å². The average Bonchev–Trinajstić information content (AvgIpc) is 2.70. The third-order valence-electron chi connectivity index (χ3n) is 2.62. The number of anilines is 1. The third-order valence-corrected chi connectivity index (χ3v) is 3.45. The Morgan fingerprint density at radius 2 is 2.18 bits per heavy atom. The molecule has 2 aromatic heterocycles. The van der Waals surface area contributed by atoms with E-state index in [9.17, 15) is 0 Å². The average molecular weight is 295 g/mol. The monoisotopic (exact) mass is 294 g/mol. The summed E-state index contributed by atoms with van der Waals surface area (Å²) >= 11 is 3.39. The van der Waals surface area contributed by atoms with Crippen LogP contribution in [-0.2, 0) is 7.05 Å². The van der Waals surface area contributed by atoms with Gasteiger partial charge in [-0.3, -0.25) is 4.68 Å². The molecule has 0 fully saturated rings. The number of nitrogens with zero attached hydrogens (tertiary/aromatic N) is 3. The molecule has 0 radical (unpaired) electrons. The molecule has 4 nitrogen and oxygen atoms in total. The molecular weight excluding hydrogens is 280 g/mol. The van der Waals surface area contributed by atoms with Crippen LogP contribution in [0.3, 0.4) is 0 Å².